The lowest BCUT2D eigenvalue weighted by Crippen LogP contribution is -2.39. The Morgan fingerprint density at radius 1 is 1.05 bits per heavy atom. The molecule has 0 aromatic heterocycles. The van der Waals surface area contributed by atoms with Crippen molar-refractivity contribution >= 4 is 35.8 Å². The van der Waals surface area contributed by atoms with Crippen LogP contribution in [-0.4, -0.2) is 38.0 Å². The lowest BCUT2D eigenvalue weighted by atomic mass is 10.1. The van der Waals surface area contributed by atoms with Gasteiger partial charge < -0.3 is 16.0 Å². The van der Waals surface area contributed by atoms with Gasteiger partial charge in [-0.15, -0.1) is 24.0 Å². The van der Waals surface area contributed by atoms with Crippen LogP contribution in [0.4, 0.5) is 0 Å². The zero-order valence-electron chi connectivity index (χ0n) is 13.3. The van der Waals surface area contributed by atoms with Gasteiger partial charge in [0.25, 0.3) is 0 Å². The number of aliphatic imine (C=N–C) groups is 1. The minimum atomic E-state index is -0.0421. The van der Waals surface area contributed by atoms with E-state index in [1.165, 1.54) is 12.8 Å². The highest BCUT2D eigenvalue weighted by molar-refractivity contribution is 14.0. The van der Waals surface area contributed by atoms with Crippen molar-refractivity contribution in [3.63, 3.8) is 0 Å². The number of hydrogen-bond acceptors (Lipinski definition) is 2. The first kappa shape index (κ1) is 21.8. The van der Waals surface area contributed by atoms with Crippen LogP contribution in [0.25, 0.3) is 0 Å². The van der Waals surface area contributed by atoms with Crippen molar-refractivity contribution in [3.8, 4) is 0 Å². The van der Waals surface area contributed by atoms with Crippen LogP contribution in [0.3, 0.4) is 0 Å². The second-order valence-electron chi connectivity index (χ2n) is 4.97. The van der Waals surface area contributed by atoms with Crippen molar-refractivity contribution < 1.29 is 4.79 Å². The van der Waals surface area contributed by atoms with E-state index in [1.807, 2.05) is 13.8 Å². The Morgan fingerprint density at radius 2 is 1.70 bits per heavy atom. The molecule has 120 valence electrons. The van der Waals surface area contributed by atoms with Gasteiger partial charge in [-0.05, 0) is 26.2 Å². The average Bonchev–Trinajstić information content (AvgIpc) is 2.35. The van der Waals surface area contributed by atoms with Gasteiger partial charge in [0, 0.05) is 19.6 Å². The molecule has 0 unspecified atom stereocenters. The van der Waals surface area contributed by atoms with Crippen molar-refractivity contribution in [2.45, 2.75) is 47.0 Å². The van der Waals surface area contributed by atoms with E-state index < -0.39 is 0 Å². The van der Waals surface area contributed by atoms with E-state index in [0.29, 0.717) is 6.54 Å². The molecule has 5 nitrogen and oxygen atoms in total. The fourth-order valence-corrected chi connectivity index (χ4v) is 1.63. The topological polar surface area (TPSA) is 65.5 Å². The fourth-order valence-electron chi connectivity index (χ4n) is 1.63. The highest BCUT2D eigenvalue weighted by Crippen LogP contribution is 2.04. The molecule has 0 fully saturated rings. The molecule has 0 aliphatic carbocycles. The van der Waals surface area contributed by atoms with Gasteiger partial charge in [-0.3, -0.25) is 4.79 Å². The van der Waals surface area contributed by atoms with Crippen molar-refractivity contribution in [2.24, 2.45) is 10.9 Å². The van der Waals surface area contributed by atoms with Crippen LogP contribution in [0.1, 0.15) is 47.0 Å². The minimum absolute atomic E-state index is 0. The number of unbranched alkanes of at least 4 members (excludes halogenated alkanes) is 1. The quantitative estimate of drug-likeness (QED) is 0.241. The number of likely N-dealkylation sites (N-methyl/N-ethyl adjacent to an activating group) is 1. The summed E-state index contributed by atoms with van der Waals surface area (Å²) in [6.45, 7) is 10.9. The Morgan fingerprint density at radius 3 is 2.25 bits per heavy atom. The molecule has 0 heterocycles. The van der Waals surface area contributed by atoms with Gasteiger partial charge in [0.05, 0.1) is 0 Å². The lowest BCUT2D eigenvalue weighted by molar-refractivity contribution is -0.119. The first-order valence-corrected chi connectivity index (χ1v) is 7.39. The number of rotatable bonds is 9. The standard InChI is InChI=1S/C14H30N4O.HI/c1-5-15-13(19)11-18-14(16-6-2)17-10-8-7-9-12(3)4;/h12H,5-11H2,1-4H3,(H,15,19)(H2,16,17,18);1H. The van der Waals surface area contributed by atoms with Crippen LogP contribution in [0.15, 0.2) is 4.99 Å². The predicted octanol–water partition coefficient (Wildman–Crippen LogP) is 2.12. The average molecular weight is 398 g/mol. The summed E-state index contributed by atoms with van der Waals surface area (Å²) in [5.74, 6) is 1.44. The Kier molecular flexibility index (Phi) is 16.2. The van der Waals surface area contributed by atoms with Gasteiger partial charge in [-0.1, -0.05) is 26.7 Å². The molecular weight excluding hydrogens is 367 g/mol. The van der Waals surface area contributed by atoms with Crippen LogP contribution in [-0.2, 0) is 4.79 Å². The van der Waals surface area contributed by atoms with Gasteiger partial charge >= 0.3 is 0 Å². The minimum Gasteiger partial charge on any atom is -0.357 e. The SMILES string of the molecule is CCNC(=O)CN=C(NCC)NCCCCC(C)C.I. The summed E-state index contributed by atoms with van der Waals surface area (Å²) in [6, 6.07) is 0. The third-order valence-corrected chi connectivity index (χ3v) is 2.60. The number of amides is 1. The van der Waals surface area contributed by atoms with E-state index in [9.17, 15) is 4.79 Å². The Bertz CT molecular complexity index is 270. The predicted molar refractivity (Wildman–Crippen MR) is 96.8 cm³/mol. The van der Waals surface area contributed by atoms with Crippen molar-refractivity contribution in [3.05, 3.63) is 0 Å². The van der Waals surface area contributed by atoms with Gasteiger partial charge in [-0.2, -0.15) is 0 Å². The smallest absolute Gasteiger partial charge is 0.241 e. The Labute approximate surface area is 140 Å². The highest BCUT2D eigenvalue weighted by Gasteiger charge is 2.00. The Hall–Kier alpha value is -0.530. The van der Waals surface area contributed by atoms with Crippen LogP contribution in [0.2, 0.25) is 0 Å². The second-order valence-corrected chi connectivity index (χ2v) is 4.97. The normalized spacial score (nSPS) is 10.9. The van der Waals surface area contributed by atoms with Gasteiger partial charge in [0.2, 0.25) is 5.91 Å². The van der Waals surface area contributed by atoms with Crippen molar-refractivity contribution in [2.75, 3.05) is 26.2 Å². The van der Waals surface area contributed by atoms with E-state index in [4.69, 9.17) is 0 Å². The van der Waals surface area contributed by atoms with Crippen LogP contribution < -0.4 is 16.0 Å². The largest absolute Gasteiger partial charge is 0.357 e. The van der Waals surface area contributed by atoms with E-state index >= 15 is 0 Å². The maximum atomic E-state index is 11.3. The molecule has 0 radical (unpaired) electrons. The third kappa shape index (κ3) is 13.9. The first-order chi connectivity index (χ1) is 9.10. The molecule has 3 N–H and O–H groups in total. The molecule has 0 aliphatic heterocycles. The molecule has 0 atom stereocenters. The third-order valence-electron chi connectivity index (χ3n) is 2.60. The molecule has 20 heavy (non-hydrogen) atoms. The molecule has 0 spiro atoms. The number of hydrogen-bond donors (Lipinski definition) is 3. The number of carbonyl (C=O) groups is 1. The summed E-state index contributed by atoms with van der Waals surface area (Å²) in [5, 5.41) is 9.12. The zero-order valence-corrected chi connectivity index (χ0v) is 15.6. The molecule has 6 heteroatoms. The second kappa shape index (κ2) is 14.9. The van der Waals surface area contributed by atoms with Gasteiger partial charge in [0.15, 0.2) is 5.96 Å². The van der Waals surface area contributed by atoms with Crippen LogP contribution >= 0.6 is 24.0 Å². The summed E-state index contributed by atoms with van der Waals surface area (Å²) in [7, 11) is 0. The summed E-state index contributed by atoms with van der Waals surface area (Å²) in [4.78, 5) is 15.6. The lowest BCUT2D eigenvalue weighted by Gasteiger charge is -2.11. The Balaban J connectivity index is 0. The van der Waals surface area contributed by atoms with E-state index in [-0.39, 0.29) is 36.4 Å². The van der Waals surface area contributed by atoms with Gasteiger partial charge in [-0.25, -0.2) is 4.99 Å². The maximum absolute atomic E-state index is 11.3. The fraction of sp³-hybridized carbons (Fsp3) is 0.857. The molecule has 0 aliphatic rings. The maximum Gasteiger partial charge on any atom is 0.241 e. The van der Waals surface area contributed by atoms with E-state index in [2.05, 4.69) is 34.8 Å². The van der Waals surface area contributed by atoms with Gasteiger partial charge in [0.1, 0.15) is 6.54 Å². The summed E-state index contributed by atoms with van der Waals surface area (Å²) in [5.41, 5.74) is 0. The van der Waals surface area contributed by atoms with Crippen LogP contribution in [0, 0.1) is 5.92 Å². The molecule has 0 bridgehead atoms. The summed E-state index contributed by atoms with van der Waals surface area (Å²) < 4.78 is 0. The van der Waals surface area contributed by atoms with E-state index in [1.54, 1.807) is 0 Å². The zero-order chi connectivity index (χ0) is 14.5. The number of halogens is 1. The molecule has 0 saturated carbocycles. The molecule has 0 saturated heterocycles. The van der Waals surface area contributed by atoms with Crippen molar-refractivity contribution in [1.29, 1.82) is 0 Å². The van der Waals surface area contributed by atoms with Crippen molar-refractivity contribution in [1.82, 2.24) is 16.0 Å². The number of nitrogens with one attached hydrogen (secondary N) is 3. The number of nitrogens with zero attached hydrogens (tertiary/aromatic N) is 1. The monoisotopic (exact) mass is 398 g/mol. The van der Waals surface area contributed by atoms with Crippen LogP contribution in [0.5, 0.6) is 0 Å². The number of carbonyl (C=O) groups excluding carboxylic acids is 1. The molecule has 0 aromatic carbocycles. The first-order valence-electron chi connectivity index (χ1n) is 7.39. The summed E-state index contributed by atoms with van der Waals surface area (Å²) >= 11 is 0. The molecule has 0 rings (SSSR count). The molecular formula is C14H31IN4O. The summed E-state index contributed by atoms with van der Waals surface area (Å²) in [6.07, 6.45) is 3.61. The number of guanidine groups is 1. The highest BCUT2D eigenvalue weighted by atomic mass is 127. The van der Waals surface area contributed by atoms with E-state index in [0.717, 1.165) is 31.4 Å². The molecule has 1 amide bonds. The molecule has 0 aromatic rings.